The number of aryl methyl sites for hydroxylation is 3. The predicted octanol–water partition coefficient (Wildman–Crippen LogP) is 4.82. The Labute approximate surface area is 197 Å². The largest absolute Gasteiger partial charge is 0.397 e. The third-order valence-electron chi connectivity index (χ3n) is 5.91. The molecule has 5 aromatic rings. The number of H-pyrrole nitrogens is 1. The Kier molecular flexibility index (Phi) is 6.07. The van der Waals surface area contributed by atoms with Gasteiger partial charge in [0.15, 0.2) is 0 Å². The molecule has 0 aliphatic heterocycles. The summed E-state index contributed by atoms with van der Waals surface area (Å²) in [7, 11) is 0. The molecule has 0 unspecified atom stereocenters. The Bertz CT molecular complexity index is 1420. The fraction of sp³-hybridized carbons (Fsp3) is 0.148. The highest BCUT2D eigenvalue weighted by atomic mass is 16.1. The van der Waals surface area contributed by atoms with E-state index in [4.69, 9.17) is 5.73 Å². The van der Waals surface area contributed by atoms with Crippen LogP contribution >= 0.6 is 0 Å². The summed E-state index contributed by atoms with van der Waals surface area (Å²) >= 11 is 0. The van der Waals surface area contributed by atoms with E-state index in [0.717, 1.165) is 35.3 Å². The number of nitrogens with two attached hydrogens (primary N) is 1. The minimum Gasteiger partial charge on any atom is -0.397 e. The van der Waals surface area contributed by atoms with Gasteiger partial charge in [0.05, 0.1) is 17.1 Å². The molecule has 34 heavy (non-hydrogen) atoms. The highest BCUT2D eigenvalue weighted by Crippen LogP contribution is 2.27. The molecule has 0 aliphatic rings. The lowest BCUT2D eigenvalue weighted by molar-refractivity contribution is -0.116. The number of nitrogens with zero attached hydrogens (tertiary/aromatic N) is 3. The maximum atomic E-state index is 12.6. The lowest BCUT2D eigenvalue weighted by atomic mass is 10.0. The molecule has 0 saturated carbocycles. The van der Waals surface area contributed by atoms with Crippen LogP contribution in [0.25, 0.3) is 22.0 Å². The number of rotatable bonds is 8. The van der Waals surface area contributed by atoms with Crippen LogP contribution in [-0.4, -0.2) is 25.9 Å². The molecule has 170 valence electrons. The van der Waals surface area contributed by atoms with Gasteiger partial charge in [0.2, 0.25) is 5.91 Å². The smallest absolute Gasteiger partial charge is 0.224 e. The number of aromatic nitrogens is 4. The number of hydrogen-bond acceptors (Lipinski definition) is 4. The average Bonchev–Trinajstić information content (AvgIpc) is 3.50. The van der Waals surface area contributed by atoms with E-state index in [1.54, 1.807) is 0 Å². The van der Waals surface area contributed by atoms with E-state index in [-0.39, 0.29) is 5.91 Å². The van der Waals surface area contributed by atoms with Crippen molar-refractivity contribution >= 4 is 28.2 Å². The van der Waals surface area contributed by atoms with Crippen molar-refractivity contribution in [1.29, 1.82) is 0 Å². The first-order valence-electron chi connectivity index (χ1n) is 11.3. The minimum absolute atomic E-state index is 0.106. The molecule has 2 heterocycles. The van der Waals surface area contributed by atoms with Gasteiger partial charge in [-0.1, -0.05) is 59.8 Å². The number of aromatic amines is 1. The first-order chi connectivity index (χ1) is 16.7. The number of hydrogen-bond donors (Lipinski definition) is 3. The number of nitrogens with one attached hydrogen (secondary N) is 2. The normalized spacial score (nSPS) is 11.1. The highest BCUT2D eigenvalue weighted by Gasteiger charge is 2.10. The van der Waals surface area contributed by atoms with Gasteiger partial charge in [-0.25, -0.2) is 0 Å². The predicted molar refractivity (Wildman–Crippen MR) is 135 cm³/mol. The quantitative estimate of drug-likeness (QED) is 0.295. The molecule has 2 aromatic heterocycles. The average molecular weight is 451 g/mol. The van der Waals surface area contributed by atoms with E-state index in [2.05, 4.69) is 32.7 Å². The number of fused-ring (bicyclic) bond motifs is 1. The zero-order chi connectivity index (χ0) is 23.3. The zero-order valence-electron chi connectivity index (χ0n) is 18.7. The molecule has 0 bridgehead atoms. The van der Waals surface area contributed by atoms with Crippen molar-refractivity contribution in [1.82, 2.24) is 20.0 Å². The summed E-state index contributed by atoms with van der Waals surface area (Å²) in [4.78, 5) is 15.9. The zero-order valence-corrected chi connectivity index (χ0v) is 18.7. The van der Waals surface area contributed by atoms with Gasteiger partial charge < -0.3 is 16.0 Å². The molecule has 0 aliphatic carbocycles. The second-order valence-electron chi connectivity index (χ2n) is 8.30. The molecule has 7 heteroatoms. The molecule has 0 radical (unpaired) electrons. The first-order valence-corrected chi connectivity index (χ1v) is 11.3. The van der Waals surface area contributed by atoms with Crippen molar-refractivity contribution in [2.75, 3.05) is 11.1 Å². The van der Waals surface area contributed by atoms with Crippen LogP contribution in [0.1, 0.15) is 17.7 Å². The van der Waals surface area contributed by atoms with Gasteiger partial charge in [-0.15, -0.1) is 5.10 Å². The topological polar surface area (TPSA) is 102 Å². The monoisotopic (exact) mass is 450 g/mol. The Balaban J connectivity index is 1.16. The summed E-state index contributed by atoms with van der Waals surface area (Å²) in [6.45, 7) is 0.726. The number of anilines is 2. The molecular formula is C27H26N6O. The van der Waals surface area contributed by atoms with Crippen molar-refractivity contribution in [3.05, 3.63) is 96.4 Å². The van der Waals surface area contributed by atoms with Crippen LogP contribution in [0.4, 0.5) is 11.4 Å². The number of para-hydroxylation sites is 1. The van der Waals surface area contributed by atoms with Crippen LogP contribution in [0, 0.1) is 0 Å². The van der Waals surface area contributed by atoms with Gasteiger partial charge in [-0.05, 0) is 41.3 Å². The van der Waals surface area contributed by atoms with Crippen molar-refractivity contribution in [3.8, 4) is 11.1 Å². The number of amides is 1. The Morgan fingerprint density at radius 2 is 1.79 bits per heavy atom. The minimum atomic E-state index is -0.106. The molecule has 3 aromatic carbocycles. The molecule has 0 spiro atoms. The summed E-state index contributed by atoms with van der Waals surface area (Å²) in [6.07, 6.45) is 5.62. The van der Waals surface area contributed by atoms with E-state index < -0.39 is 0 Å². The standard InChI is InChI=1S/C27H26N6O/c28-24-12-10-20(19-6-2-1-3-7-19)16-26(24)30-27(34)13-11-22-18-33(32-31-22)15-14-21-17-29-25-9-5-4-8-23(21)25/h1-10,12,16-18,29H,11,13-15,28H2,(H,30,34). The van der Waals surface area contributed by atoms with E-state index >= 15 is 0 Å². The molecule has 0 saturated heterocycles. The number of carbonyl (C=O) groups is 1. The van der Waals surface area contributed by atoms with Gasteiger partial charge in [-0.3, -0.25) is 9.48 Å². The Morgan fingerprint density at radius 1 is 0.971 bits per heavy atom. The fourth-order valence-corrected chi connectivity index (χ4v) is 4.06. The van der Waals surface area contributed by atoms with Crippen LogP contribution in [0.3, 0.4) is 0 Å². The molecule has 4 N–H and O–H groups in total. The van der Waals surface area contributed by atoms with Crippen molar-refractivity contribution in [2.45, 2.75) is 25.8 Å². The molecule has 1 amide bonds. The molecule has 0 atom stereocenters. The van der Waals surface area contributed by atoms with E-state index in [0.29, 0.717) is 24.2 Å². The summed E-state index contributed by atoms with van der Waals surface area (Å²) in [6, 6.07) is 23.9. The summed E-state index contributed by atoms with van der Waals surface area (Å²) in [5.41, 5.74) is 12.5. The molecular weight excluding hydrogens is 424 g/mol. The second kappa shape index (κ2) is 9.62. The van der Waals surface area contributed by atoms with Crippen LogP contribution in [0.5, 0.6) is 0 Å². The van der Waals surface area contributed by atoms with Gasteiger partial charge in [0.25, 0.3) is 0 Å². The molecule has 5 rings (SSSR count). The first kappa shape index (κ1) is 21.5. The number of carbonyl (C=O) groups excluding carboxylic acids is 1. The third-order valence-corrected chi connectivity index (χ3v) is 5.91. The van der Waals surface area contributed by atoms with Crippen molar-refractivity contribution in [2.24, 2.45) is 0 Å². The van der Waals surface area contributed by atoms with E-state index in [9.17, 15) is 4.79 Å². The van der Waals surface area contributed by atoms with Gasteiger partial charge in [0, 0.05) is 42.7 Å². The number of nitrogen functional groups attached to an aromatic ring is 1. The van der Waals surface area contributed by atoms with Gasteiger partial charge in [0.1, 0.15) is 0 Å². The van der Waals surface area contributed by atoms with Crippen molar-refractivity contribution < 1.29 is 4.79 Å². The van der Waals surface area contributed by atoms with Crippen LogP contribution in [-0.2, 0) is 24.2 Å². The van der Waals surface area contributed by atoms with Crippen molar-refractivity contribution in [3.63, 3.8) is 0 Å². The Morgan fingerprint density at radius 3 is 2.68 bits per heavy atom. The maximum absolute atomic E-state index is 12.6. The lowest BCUT2D eigenvalue weighted by Gasteiger charge is -2.10. The number of benzene rings is 3. The van der Waals surface area contributed by atoms with Crippen LogP contribution in [0.2, 0.25) is 0 Å². The van der Waals surface area contributed by atoms with Gasteiger partial charge >= 0.3 is 0 Å². The lowest BCUT2D eigenvalue weighted by Crippen LogP contribution is -2.13. The molecule has 0 fully saturated rings. The van der Waals surface area contributed by atoms with E-state index in [1.165, 1.54) is 10.9 Å². The highest BCUT2D eigenvalue weighted by molar-refractivity contribution is 5.95. The summed E-state index contributed by atoms with van der Waals surface area (Å²) < 4.78 is 1.83. The van der Waals surface area contributed by atoms with Crippen LogP contribution < -0.4 is 11.1 Å². The maximum Gasteiger partial charge on any atom is 0.224 e. The van der Waals surface area contributed by atoms with Gasteiger partial charge in [-0.2, -0.15) is 0 Å². The SMILES string of the molecule is Nc1ccc(-c2ccccc2)cc1NC(=O)CCc1cn(CCc2c[nH]c3ccccc23)nn1. The Hall–Kier alpha value is -4.39. The van der Waals surface area contributed by atoms with E-state index in [1.807, 2.05) is 77.7 Å². The molecule has 7 nitrogen and oxygen atoms in total. The third kappa shape index (κ3) is 4.83. The second-order valence-corrected chi connectivity index (χ2v) is 8.30. The summed E-state index contributed by atoms with van der Waals surface area (Å²) in [5, 5.41) is 12.6. The van der Waals surface area contributed by atoms with Crippen LogP contribution in [0.15, 0.2) is 85.2 Å². The fourth-order valence-electron chi connectivity index (χ4n) is 4.06. The summed E-state index contributed by atoms with van der Waals surface area (Å²) in [5.74, 6) is -0.106.